The molecule has 0 unspecified atom stereocenters. The molecule has 1 aliphatic rings. The van der Waals surface area contributed by atoms with Crippen LogP contribution in [0.5, 0.6) is 0 Å². The Bertz CT molecular complexity index is 1090. The topological polar surface area (TPSA) is 186 Å². The number of nitrogens with one attached hydrogen (secondary N) is 1. The van der Waals surface area contributed by atoms with Crippen LogP contribution < -0.4 is 5.32 Å². The Morgan fingerprint density at radius 1 is 0.481 bits per heavy atom. The Hall–Kier alpha value is -2.93. The van der Waals surface area contributed by atoms with E-state index in [0.717, 1.165) is 0 Å². The molecule has 0 radical (unpaired) electrons. The summed E-state index contributed by atoms with van der Waals surface area (Å²) in [5, 5.41) is 11.5. The highest BCUT2D eigenvalue weighted by Crippen LogP contribution is 2.11. The molecular formula is C37H69N5O12. The Kier molecular flexibility index (Phi) is 23.0. The fourth-order valence-electron chi connectivity index (χ4n) is 5.10. The van der Waals surface area contributed by atoms with E-state index >= 15 is 0 Å². The average Bonchev–Trinajstić information content (AvgIpc) is 2.99. The number of carbonyl (C=O) groups is 5. The number of rotatable bonds is 20. The summed E-state index contributed by atoms with van der Waals surface area (Å²) in [4.78, 5) is 70.1. The molecule has 1 amide bonds. The molecule has 314 valence electrons. The number of carboxylic acids is 1. The molecule has 17 nitrogen and oxygen atoms in total. The fourth-order valence-corrected chi connectivity index (χ4v) is 5.10. The summed E-state index contributed by atoms with van der Waals surface area (Å²) in [6.45, 7) is 22.2. The summed E-state index contributed by atoms with van der Waals surface area (Å²) in [6.07, 6.45) is -0.0523. The normalized spacial score (nSPS) is 16.5. The van der Waals surface area contributed by atoms with Crippen molar-refractivity contribution in [2.24, 2.45) is 0 Å². The van der Waals surface area contributed by atoms with E-state index in [0.29, 0.717) is 85.3 Å². The quantitative estimate of drug-likeness (QED) is 0.101. The first kappa shape index (κ1) is 49.1. The van der Waals surface area contributed by atoms with E-state index in [1.54, 1.807) is 0 Å². The van der Waals surface area contributed by atoms with Crippen LogP contribution in [0.4, 0.5) is 0 Å². The van der Waals surface area contributed by atoms with Crippen molar-refractivity contribution in [2.45, 2.75) is 85.5 Å². The van der Waals surface area contributed by atoms with Crippen LogP contribution in [0, 0.1) is 0 Å². The van der Waals surface area contributed by atoms with Crippen molar-refractivity contribution < 1.29 is 57.5 Å². The van der Waals surface area contributed by atoms with Gasteiger partial charge in [-0.1, -0.05) is 0 Å². The highest BCUT2D eigenvalue weighted by atomic mass is 16.6. The van der Waals surface area contributed by atoms with Gasteiger partial charge in [-0.2, -0.15) is 0 Å². The summed E-state index contributed by atoms with van der Waals surface area (Å²) >= 11 is 0. The lowest BCUT2D eigenvalue weighted by atomic mass is 10.2. The Balaban J connectivity index is 2.92. The molecular weight excluding hydrogens is 706 g/mol. The number of nitrogens with zero attached hydrogens (tertiary/aromatic N) is 4. The predicted octanol–water partition coefficient (Wildman–Crippen LogP) is 0.874. The van der Waals surface area contributed by atoms with Gasteiger partial charge in [0.1, 0.15) is 16.8 Å². The third-order valence-electron chi connectivity index (χ3n) is 7.39. The molecule has 0 aromatic heterocycles. The number of hydrogen-bond acceptors (Lipinski definition) is 15. The Morgan fingerprint density at radius 2 is 0.778 bits per heavy atom. The van der Waals surface area contributed by atoms with Crippen molar-refractivity contribution in [1.29, 1.82) is 0 Å². The van der Waals surface area contributed by atoms with E-state index in [1.807, 2.05) is 81.9 Å². The number of ether oxygens (including phenoxy) is 6. The maximum atomic E-state index is 13.1. The van der Waals surface area contributed by atoms with Gasteiger partial charge >= 0.3 is 23.9 Å². The summed E-state index contributed by atoms with van der Waals surface area (Å²) in [7, 11) is 0. The van der Waals surface area contributed by atoms with Crippen LogP contribution in [0.2, 0.25) is 0 Å². The van der Waals surface area contributed by atoms with Crippen LogP contribution >= 0.6 is 0 Å². The van der Waals surface area contributed by atoms with Gasteiger partial charge < -0.3 is 38.8 Å². The second kappa shape index (κ2) is 25.3. The maximum absolute atomic E-state index is 13.1. The van der Waals surface area contributed by atoms with Crippen molar-refractivity contribution >= 4 is 29.8 Å². The van der Waals surface area contributed by atoms with Gasteiger partial charge in [-0.3, -0.25) is 43.6 Å². The summed E-state index contributed by atoms with van der Waals surface area (Å²) in [5.74, 6) is -2.20. The molecule has 2 N–H and O–H groups in total. The van der Waals surface area contributed by atoms with Gasteiger partial charge in [-0.15, -0.1) is 0 Å². The number of carbonyl (C=O) groups excluding carboxylic acids is 4. The highest BCUT2D eigenvalue weighted by Gasteiger charge is 2.26. The standard InChI is InChI=1S/C37H69N5O12/c1-35(2,3)52-32(46)27-40-14-12-39(26-30(43)38-11-21-50-23-25-51-24-22-49-20-10-31(44)45)13-15-41(28-33(47)53-36(4,5)6)17-19-42(18-16-40)29-34(48)54-37(7,8)9/h10-29H2,1-9H3,(H,38,43)(H,44,45). The second-order valence-corrected chi connectivity index (χ2v) is 16.2. The van der Waals surface area contributed by atoms with Gasteiger partial charge in [0.05, 0.1) is 72.2 Å². The van der Waals surface area contributed by atoms with Crippen LogP contribution in [0.25, 0.3) is 0 Å². The number of esters is 3. The zero-order valence-electron chi connectivity index (χ0n) is 34.4. The van der Waals surface area contributed by atoms with Gasteiger partial charge in [-0.25, -0.2) is 0 Å². The minimum absolute atomic E-state index is 0.0428. The van der Waals surface area contributed by atoms with Crippen molar-refractivity contribution in [2.75, 3.05) is 125 Å². The monoisotopic (exact) mass is 775 g/mol. The lowest BCUT2D eigenvalue weighted by molar-refractivity contribution is -0.158. The molecule has 0 bridgehead atoms. The van der Waals surface area contributed by atoms with Crippen molar-refractivity contribution in [3.63, 3.8) is 0 Å². The molecule has 17 heteroatoms. The van der Waals surface area contributed by atoms with Crippen LogP contribution in [-0.4, -0.2) is 196 Å². The van der Waals surface area contributed by atoms with Gasteiger partial charge in [0.2, 0.25) is 5.91 Å². The van der Waals surface area contributed by atoms with Gasteiger partial charge in [0.15, 0.2) is 0 Å². The van der Waals surface area contributed by atoms with Crippen molar-refractivity contribution in [3.8, 4) is 0 Å². The van der Waals surface area contributed by atoms with E-state index in [4.69, 9.17) is 33.5 Å². The number of hydrogen-bond donors (Lipinski definition) is 2. The maximum Gasteiger partial charge on any atom is 0.320 e. The molecule has 1 saturated heterocycles. The average molecular weight is 776 g/mol. The SMILES string of the molecule is CC(C)(C)OC(=O)CN1CCN(CC(=O)NCCOCCOCCOCCC(=O)O)CCN(CC(=O)OC(C)(C)C)CCN(CC(=O)OC(C)(C)C)CC1. The molecule has 1 heterocycles. The molecule has 1 fully saturated rings. The molecule has 0 spiro atoms. The highest BCUT2D eigenvalue weighted by molar-refractivity contribution is 5.78. The first-order chi connectivity index (χ1) is 25.1. The van der Waals surface area contributed by atoms with Crippen molar-refractivity contribution in [1.82, 2.24) is 24.9 Å². The Labute approximate surface area is 322 Å². The zero-order valence-corrected chi connectivity index (χ0v) is 34.4. The first-order valence-corrected chi connectivity index (χ1v) is 18.9. The second-order valence-electron chi connectivity index (χ2n) is 16.2. The van der Waals surface area contributed by atoms with E-state index in [9.17, 15) is 24.0 Å². The minimum Gasteiger partial charge on any atom is -0.481 e. The molecule has 1 rings (SSSR count). The zero-order chi connectivity index (χ0) is 40.8. The molecule has 0 aromatic rings. The Morgan fingerprint density at radius 3 is 1.09 bits per heavy atom. The van der Waals surface area contributed by atoms with E-state index in [1.165, 1.54) is 0 Å². The fraction of sp³-hybridized carbons (Fsp3) is 0.865. The van der Waals surface area contributed by atoms with Gasteiger partial charge in [0.25, 0.3) is 0 Å². The molecule has 0 aliphatic carbocycles. The predicted molar refractivity (Wildman–Crippen MR) is 201 cm³/mol. The number of aliphatic carboxylic acids is 1. The molecule has 0 atom stereocenters. The summed E-state index contributed by atoms with van der Waals surface area (Å²) in [5.41, 5.74) is -1.94. The van der Waals surface area contributed by atoms with Crippen LogP contribution in [0.1, 0.15) is 68.7 Å². The summed E-state index contributed by atoms with van der Waals surface area (Å²) in [6, 6.07) is 0. The molecule has 1 aliphatic heterocycles. The van der Waals surface area contributed by atoms with Crippen molar-refractivity contribution in [3.05, 3.63) is 0 Å². The van der Waals surface area contributed by atoms with E-state index < -0.39 is 22.8 Å². The first-order valence-electron chi connectivity index (χ1n) is 18.9. The third-order valence-corrected chi connectivity index (χ3v) is 7.39. The number of carboxylic acid groups (broad SMARTS) is 1. The third kappa shape index (κ3) is 28.5. The van der Waals surface area contributed by atoms with Crippen LogP contribution in [0.3, 0.4) is 0 Å². The minimum atomic E-state index is -0.912. The lowest BCUT2D eigenvalue weighted by Gasteiger charge is -2.34. The largest absolute Gasteiger partial charge is 0.481 e. The van der Waals surface area contributed by atoms with E-state index in [2.05, 4.69) is 5.32 Å². The lowest BCUT2D eigenvalue weighted by Crippen LogP contribution is -2.50. The van der Waals surface area contributed by atoms with E-state index in [-0.39, 0.29) is 69.6 Å². The van der Waals surface area contributed by atoms with Crippen LogP contribution in [0.15, 0.2) is 0 Å². The number of amides is 1. The summed E-state index contributed by atoms with van der Waals surface area (Å²) < 4.78 is 32.9. The van der Waals surface area contributed by atoms with Gasteiger partial charge in [0, 0.05) is 58.9 Å². The molecule has 0 saturated carbocycles. The smallest absolute Gasteiger partial charge is 0.320 e. The van der Waals surface area contributed by atoms with Gasteiger partial charge in [-0.05, 0) is 62.3 Å². The molecule has 54 heavy (non-hydrogen) atoms. The molecule has 0 aromatic carbocycles. The van der Waals surface area contributed by atoms with Crippen LogP contribution in [-0.2, 0) is 52.4 Å².